The molecule has 1 heterocycles. The molecule has 0 atom stereocenters. The summed E-state index contributed by atoms with van der Waals surface area (Å²) in [6.45, 7) is 0.488. The summed E-state index contributed by atoms with van der Waals surface area (Å²) >= 11 is 1.54. The van der Waals surface area contributed by atoms with Crippen LogP contribution in [-0.4, -0.2) is 45.8 Å². The summed E-state index contributed by atoms with van der Waals surface area (Å²) in [7, 11) is 6.38. The number of rotatable bonds is 8. The van der Waals surface area contributed by atoms with Crippen LogP contribution in [0.3, 0.4) is 0 Å². The van der Waals surface area contributed by atoms with Gasteiger partial charge in [0, 0.05) is 31.0 Å². The van der Waals surface area contributed by atoms with Crippen LogP contribution in [0.2, 0.25) is 0 Å². The van der Waals surface area contributed by atoms with Crippen molar-refractivity contribution in [2.45, 2.75) is 6.42 Å². The molecule has 2 aromatic rings. The maximum Gasteiger partial charge on any atom is 0.251 e. The predicted molar refractivity (Wildman–Crippen MR) is 93.8 cm³/mol. The molecule has 0 unspecified atom stereocenters. The number of hydrogen-bond acceptors (Lipinski definition) is 7. The summed E-state index contributed by atoms with van der Waals surface area (Å²) in [5.74, 6) is 1.14. The Morgan fingerprint density at radius 1 is 1.17 bits per heavy atom. The highest BCUT2D eigenvalue weighted by Crippen LogP contribution is 2.38. The summed E-state index contributed by atoms with van der Waals surface area (Å²) in [4.78, 5) is 16.7. The number of benzene rings is 1. The normalized spacial score (nSPS) is 10.2. The average Bonchev–Trinajstić information content (AvgIpc) is 3.08. The lowest BCUT2D eigenvalue weighted by atomic mass is 10.1. The number of anilines is 1. The number of thiazole rings is 1. The fourth-order valence-electron chi connectivity index (χ4n) is 2.15. The highest BCUT2D eigenvalue weighted by molar-refractivity contribution is 7.13. The second-order valence-corrected chi connectivity index (χ2v) is 5.67. The minimum Gasteiger partial charge on any atom is -0.493 e. The molecule has 0 fully saturated rings. The highest BCUT2D eigenvalue weighted by Gasteiger charge is 2.16. The second-order valence-electron chi connectivity index (χ2n) is 4.81. The van der Waals surface area contributed by atoms with E-state index in [-0.39, 0.29) is 5.91 Å². The Kier molecular flexibility index (Phi) is 6.25. The third-order valence-electron chi connectivity index (χ3n) is 3.36. The molecule has 1 aromatic carbocycles. The Balaban J connectivity index is 2.03. The molecule has 0 bridgehead atoms. The number of ether oxygens (including phenoxy) is 3. The first-order chi connectivity index (χ1) is 11.6. The van der Waals surface area contributed by atoms with Crippen molar-refractivity contribution in [3.05, 3.63) is 28.8 Å². The van der Waals surface area contributed by atoms with Crippen molar-refractivity contribution in [2.24, 2.45) is 0 Å². The van der Waals surface area contributed by atoms with Gasteiger partial charge in [-0.25, -0.2) is 4.98 Å². The minimum absolute atomic E-state index is 0.210. The van der Waals surface area contributed by atoms with E-state index in [4.69, 9.17) is 14.2 Å². The van der Waals surface area contributed by atoms with Gasteiger partial charge in [0.15, 0.2) is 16.6 Å². The average molecular weight is 351 g/mol. The number of methoxy groups -OCH3 is 3. The number of amides is 1. The fraction of sp³-hybridized carbons (Fsp3) is 0.375. The van der Waals surface area contributed by atoms with Crippen molar-refractivity contribution in [3.8, 4) is 17.2 Å². The van der Waals surface area contributed by atoms with E-state index in [0.29, 0.717) is 35.8 Å². The van der Waals surface area contributed by atoms with Gasteiger partial charge in [0.25, 0.3) is 5.91 Å². The molecular weight excluding hydrogens is 330 g/mol. The van der Waals surface area contributed by atoms with Crippen LogP contribution in [0.1, 0.15) is 16.1 Å². The van der Waals surface area contributed by atoms with Crippen LogP contribution >= 0.6 is 11.3 Å². The van der Waals surface area contributed by atoms with Crippen molar-refractivity contribution in [1.82, 2.24) is 10.3 Å². The molecule has 1 aromatic heterocycles. The Bertz CT molecular complexity index is 677. The lowest BCUT2D eigenvalue weighted by Gasteiger charge is -2.14. The van der Waals surface area contributed by atoms with Crippen LogP contribution in [0.25, 0.3) is 0 Å². The number of carbonyl (C=O) groups excluding carboxylic acids is 1. The van der Waals surface area contributed by atoms with E-state index in [1.165, 1.54) is 32.7 Å². The van der Waals surface area contributed by atoms with Crippen molar-refractivity contribution in [1.29, 1.82) is 0 Å². The van der Waals surface area contributed by atoms with Gasteiger partial charge in [0.05, 0.1) is 27.0 Å². The molecule has 2 rings (SSSR count). The van der Waals surface area contributed by atoms with Crippen molar-refractivity contribution < 1.29 is 19.0 Å². The Morgan fingerprint density at radius 2 is 1.83 bits per heavy atom. The smallest absolute Gasteiger partial charge is 0.251 e. The number of carbonyl (C=O) groups is 1. The van der Waals surface area contributed by atoms with Crippen molar-refractivity contribution in [2.75, 3.05) is 40.2 Å². The molecular formula is C16H21N3O4S. The van der Waals surface area contributed by atoms with Crippen molar-refractivity contribution in [3.63, 3.8) is 0 Å². The lowest BCUT2D eigenvalue weighted by Crippen LogP contribution is -2.25. The van der Waals surface area contributed by atoms with Crippen LogP contribution in [-0.2, 0) is 6.42 Å². The molecule has 0 aliphatic rings. The van der Waals surface area contributed by atoms with Gasteiger partial charge in [-0.3, -0.25) is 4.79 Å². The Hall–Kier alpha value is -2.48. The maximum atomic E-state index is 12.3. The molecule has 0 aliphatic heterocycles. The first-order valence-corrected chi connectivity index (χ1v) is 8.21. The minimum atomic E-state index is -0.210. The number of hydrogen-bond donors (Lipinski definition) is 2. The van der Waals surface area contributed by atoms with E-state index in [0.717, 1.165) is 10.8 Å². The van der Waals surface area contributed by atoms with Crippen LogP contribution in [0.15, 0.2) is 17.5 Å². The SMILES string of the molecule is CNc1nc(CCNC(=O)c2cc(OC)c(OC)c(OC)c2)cs1. The van der Waals surface area contributed by atoms with Crippen molar-refractivity contribution >= 4 is 22.4 Å². The maximum absolute atomic E-state index is 12.3. The van der Waals surface area contributed by atoms with E-state index in [2.05, 4.69) is 15.6 Å². The Morgan fingerprint density at radius 3 is 2.33 bits per heavy atom. The molecule has 1 amide bonds. The summed E-state index contributed by atoms with van der Waals surface area (Å²) < 4.78 is 15.8. The van der Waals surface area contributed by atoms with Crippen LogP contribution < -0.4 is 24.8 Å². The van der Waals surface area contributed by atoms with Gasteiger partial charge >= 0.3 is 0 Å². The molecule has 0 saturated carbocycles. The standard InChI is InChI=1S/C16H21N3O4S/c1-17-16-19-11(9-24-16)5-6-18-15(20)10-7-12(21-2)14(23-4)13(8-10)22-3/h7-9H,5-6H2,1-4H3,(H,17,19)(H,18,20). The lowest BCUT2D eigenvalue weighted by molar-refractivity contribution is 0.0953. The molecule has 24 heavy (non-hydrogen) atoms. The van der Waals surface area contributed by atoms with E-state index < -0.39 is 0 Å². The zero-order valence-electron chi connectivity index (χ0n) is 14.1. The van der Waals surface area contributed by atoms with E-state index in [1.807, 2.05) is 12.4 Å². The molecule has 0 spiro atoms. The number of nitrogens with one attached hydrogen (secondary N) is 2. The van der Waals surface area contributed by atoms with E-state index in [1.54, 1.807) is 12.1 Å². The van der Waals surface area contributed by atoms with Gasteiger partial charge in [-0.15, -0.1) is 11.3 Å². The van der Waals surface area contributed by atoms with E-state index >= 15 is 0 Å². The molecule has 0 saturated heterocycles. The summed E-state index contributed by atoms with van der Waals surface area (Å²) in [6, 6.07) is 3.25. The van der Waals surface area contributed by atoms with Crippen LogP contribution in [0.5, 0.6) is 17.2 Å². The van der Waals surface area contributed by atoms with Crippen LogP contribution in [0, 0.1) is 0 Å². The van der Waals surface area contributed by atoms with Gasteiger partial charge in [-0.1, -0.05) is 0 Å². The molecule has 130 valence electrons. The monoisotopic (exact) mass is 351 g/mol. The summed E-state index contributed by atoms with van der Waals surface area (Å²) in [5.41, 5.74) is 1.38. The molecule has 2 N–H and O–H groups in total. The Labute approximate surface area is 145 Å². The van der Waals surface area contributed by atoms with Gasteiger partial charge in [-0.05, 0) is 12.1 Å². The van der Waals surface area contributed by atoms with E-state index in [9.17, 15) is 4.79 Å². The van der Waals surface area contributed by atoms with Gasteiger partial charge in [0.1, 0.15) is 0 Å². The first-order valence-electron chi connectivity index (χ1n) is 7.33. The molecule has 8 heteroatoms. The number of nitrogens with zero attached hydrogens (tertiary/aromatic N) is 1. The quantitative estimate of drug-likeness (QED) is 0.759. The molecule has 0 aliphatic carbocycles. The zero-order chi connectivity index (χ0) is 17.5. The number of aromatic nitrogens is 1. The van der Waals surface area contributed by atoms with Crippen LogP contribution in [0.4, 0.5) is 5.13 Å². The zero-order valence-corrected chi connectivity index (χ0v) is 15.0. The largest absolute Gasteiger partial charge is 0.493 e. The summed E-state index contributed by atoms with van der Waals surface area (Å²) in [5, 5.41) is 8.69. The molecule has 7 nitrogen and oxygen atoms in total. The van der Waals surface area contributed by atoms with Gasteiger partial charge < -0.3 is 24.8 Å². The first kappa shape index (κ1) is 17.9. The predicted octanol–water partition coefficient (Wildman–Crippen LogP) is 2.18. The highest BCUT2D eigenvalue weighted by atomic mass is 32.1. The third-order valence-corrected chi connectivity index (χ3v) is 4.27. The topological polar surface area (TPSA) is 81.7 Å². The molecule has 0 radical (unpaired) electrons. The second kappa shape index (κ2) is 8.39. The van der Waals surface area contributed by atoms with Gasteiger partial charge in [-0.2, -0.15) is 0 Å². The summed E-state index contributed by atoms with van der Waals surface area (Å²) in [6.07, 6.45) is 0.661. The van der Waals surface area contributed by atoms with Gasteiger partial charge in [0.2, 0.25) is 5.75 Å². The fourth-order valence-corrected chi connectivity index (χ4v) is 2.86. The third kappa shape index (κ3) is 4.08.